The van der Waals surface area contributed by atoms with Crippen molar-refractivity contribution in [1.29, 1.82) is 0 Å². The normalized spacial score (nSPS) is 27.6. The maximum Gasteiger partial charge on any atom is 0.387 e. The van der Waals surface area contributed by atoms with E-state index in [9.17, 15) is 53.8 Å². The van der Waals surface area contributed by atoms with Crippen molar-refractivity contribution >= 4 is 75.8 Å². The van der Waals surface area contributed by atoms with Gasteiger partial charge < -0.3 is 30.4 Å². The second-order valence-corrected chi connectivity index (χ2v) is 38.7. The van der Waals surface area contributed by atoms with Crippen LogP contribution in [0.3, 0.4) is 0 Å². The predicted molar refractivity (Wildman–Crippen MR) is 378 cm³/mol. The molecule has 104 heavy (non-hydrogen) atoms. The van der Waals surface area contributed by atoms with Crippen molar-refractivity contribution in [2.24, 2.45) is 33.8 Å². The third-order valence-corrected chi connectivity index (χ3v) is 30.3. The van der Waals surface area contributed by atoms with Gasteiger partial charge in [0.15, 0.2) is 11.6 Å². The van der Waals surface area contributed by atoms with Crippen LogP contribution in [0.5, 0.6) is 11.5 Å². The number of alkyl halides is 4. The van der Waals surface area contributed by atoms with Gasteiger partial charge in [-0.1, -0.05) is 0 Å². The number of anilines is 1. The third-order valence-electron chi connectivity index (χ3n) is 19.1. The number of carbonyl (C=O) groups is 4. The molecule has 0 saturated carbocycles. The number of ketones is 2. The average molecular weight is 1510 g/mol. The summed E-state index contributed by atoms with van der Waals surface area (Å²) in [4.78, 5) is 85.9. The summed E-state index contributed by atoms with van der Waals surface area (Å²) >= 11 is 0. The number of aromatic nitrogens is 5. The van der Waals surface area contributed by atoms with E-state index in [1.807, 2.05) is 0 Å². The quantitative estimate of drug-likeness (QED) is 0.0496. The first-order chi connectivity index (χ1) is 48.0. The maximum absolute atomic E-state index is 15.5. The van der Waals surface area contributed by atoms with Crippen LogP contribution in [-0.4, -0.2) is 152 Å². The number of nitrogen functional groups attached to an aromatic ring is 1. The standard InChI is InChI=1S/C28H33F3N4O5S.C22H24F3N5O3S.C20H29FN4O3S/c1-26(2,3)40-23(37)14-21-27(4,5)41(38)22(11-12-33-41)28(6,35-21)24-18(29)9-7-16(34-24)13-20(36)19-10-8-17(15-32-19)39-25(30)31;1-21(2)19(26)30-22(3,17-8-9-28-34(17,21)32)18-14(23)6-4-12(29-18)10-16(31)15-7-5-13(11-27-15)33-20(24)25;1-18(2,3)28-16(26)11-13-19(4,5)29(27)14(9-10-23-29)20(6,25-13)17-12(21)7-8-15(22)24-17/h7-10,15,22,25H,11-14H2,1-6H3;4-7,11,17,20H,8-10H2,1-3H3,(H2,26,30);7-8,14H,9-11H2,1-6H3,(H2,22,24)/t22-,28-,41+;17-,22-,34+;14-,20-,29+/m000/s1. The van der Waals surface area contributed by atoms with Crippen molar-refractivity contribution in [2.45, 2.75) is 220 Å². The van der Waals surface area contributed by atoms with Gasteiger partial charge in [0.2, 0.25) is 0 Å². The van der Waals surface area contributed by atoms with Gasteiger partial charge in [0, 0.05) is 42.4 Å². The fourth-order valence-corrected chi connectivity index (χ4v) is 23.4. The minimum absolute atomic E-state index is 0.0137. The first kappa shape index (κ1) is 79.7. The van der Waals surface area contributed by atoms with E-state index in [2.05, 4.69) is 52.5 Å². The summed E-state index contributed by atoms with van der Waals surface area (Å²) in [5, 5.41) is -1.82. The Balaban J connectivity index is 0.000000184. The number of aliphatic imine (C=N–C) groups is 3. The molecule has 0 radical (unpaired) electrons. The maximum atomic E-state index is 15.5. The Morgan fingerprint density at radius 1 is 0.481 bits per heavy atom. The number of hydrogen-bond acceptors (Lipinski definition) is 24. The molecule has 0 amide bonds. The molecule has 11 rings (SSSR count). The van der Waals surface area contributed by atoms with Gasteiger partial charge in [0.05, 0.1) is 92.5 Å². The number of carbonyl (C=O) groups excluding carboxylic acids is 4. The molecule has 0 saturated heterocycles. The molecule has 0 unspecified atom stereocenters. The highest BCUT2D eigenvalue weighted by Gasteiger charge is 2.61. The molecule has 0 bridgehead atoms. The Morgan fingerprint density at radius 2 is 0.817 bits per heavy atom. The lowest BCUT2D eigenvalue weighted by Crippen LogP contribution is -2.58. The van der Waals surface area contributed by atoms with E-state index < -0.39 is 141 Å². The Hall–Kier alpha value is -8.40. The Morgan fingerprint density at radius 3 is 1.15 bits per heavy atom. The number of ether oxygens (including phenoxy) is 4. The van der Waals surface area contributed by atoms with Gasteiger partial charge in [-0.25, -0.2) is 53.8 Å². The lowest BCUT2D eigenvalue weighted by Gasteiger charge is -2.45. The van der Waals surface area contributed by atoms with E-state index in [-0.39, 0.29) is 101 Å². The van der Waals surface area contributed by atoms with Gasteiger partial charge >= 0.3 is 25.2 Å². The van der Waals surface area contributed by atoms with Crippen molar-refractivity contribution < 1.29 is 81.5 Å². The molecule has 11 heterocycles. The van der Waals surface area contributed by atoms with Gasteiger partial charge in [0.25, 0.3) is 0 Å². The molecule has 24 nitrogen and oxygen atoms in total. The van der Waals surface area contributed by atoms with Crippen molar-refractivity contribution in [3.05, 3.63) is 130 Å². The van der Waals surface area contributed by atoms with Crippen molar-refractivity contribution in [3.63, 3.8) is 0 Å². The smallest absolute Gasteiger partial charge is 0.387 e. The number of halogens is 7. The minimum atomic E-state index is -3.04. The number of nitrogens with two attached hydrogens (primary N) is 2. The number of esters is 2. The Kier molecular flexibility index (Phi) is 22.1. The zero-order chi connectivity index (χ0) is 77.1. The van der Waals surface area contributed by atoms with Crippen LogP contribution < -0.4 is 20.9 Å². The largest absolute Gasteiger partial charge is 0.460 e. The van der Waals surface area contributed by atoms with Crippen LogP contribution in [0.25, 0.3) is 0 Å². The summed E-state index contributed by atoms with van der Waals surface area (Å²) in [7, 11) is -8.76. The number of amidine groups is 1. The number of rotatable bonds is 17. The molecule has 4 N–H and O–H groups in total. The van der Waals surface area contributed by atoms with E-state index in [4.69, 9.17) is 30.9 Å². The van der Waals surface area contributed by atoms with E-state index >= 15 is 8.78 Å². The summed E-state index contributed by atoms with van der Waals surface area (Å²) in [6, 6.07) is 12.6. The zero-order valence-electron chi connectivity index (χ0n) is 60.3. The molecule has 0 spiro atoms. The molecular weight excluding hydrogens is 1430 g/mol. The molecular formula is C70H86F7N13O11S3. The summed E-state index contributed by atoms with van der Waals surface area (Å²) < 4.78 is 167. The van der Waals surface area contributed by atoms with E-state index in [1.165, 1.54) is 60.7 Å². The highest BCUT2D eigenvalue weighted by atomic mass is 32.2. The third kappa shape index (κ3) is 15.5. The molecule has 5 aromatic heterocycles. The van der Waals surface area contributed by atoms with E-state index in [0.717, 1.165) is 12.4 Å². The number of Topliss-reactive ketones (excluding diaryl/α,β-unsaturated/α-hetero) is 2. The molecule has 0 fully saturated rings. The molecule has 564 valence electrons. The van der Waals surface area contributed by atoms with Gasteiger partial charge in [-0.2, -0.15) is 17.6 Å². The molecule has 6 aliphatic heterocycles. The summed E-state index contributed by atoms with van der Waals surface area (Å²) in [6.07, 6.45) is 2.45. The topological polar surface area (TPSA) is 347 Å². The van der Waals surface area contributed by atoms with Crippen LogP contribution in [0.1, 0.15) is 185 Å². The van der Waals surface area contributed by atoms with Crippen LogP contribution in [0.2, 0.25) is 0 Å². The molecule has 0 aromatic carbocycles. The lowest BCUT2D eigenvalue weighted by molar-refractivity contribution is -0.154. The van der Waals surface area contributed by atoms with Crippen LogP contribution in [0.15, 0.2) is 101 Å². The van der Waals surface area contributed by atoms with E-state index in [1.54, 1.807) is 104 Å². The highest BCUT2D eigenvalue weighted by molar-refractivity contribution is 7.97. The first-order valence-electron chi connectivity index (χ1n) is 33.3. The first-order valence-corrected chi connectivity index (χ1v) is 38.0. The number of hydrogen-bond donors (Lipinski definition) is 2. The highest BCUT2D eigenvalue weighted by Crippen LogP contribution is 2.52. The predicted octanol–water partition coefficient (Wildman–Crippen LogP) is 11.5. The van der Waals surface area contributed by atoms with Gasteiger partial charge in [-0.15, -0.1) is 0 Å². The van der Waals surface area contributed by atoms with Gasteiger partial charge in [-0.05, 0) is 184 Å². The Bertz CT molecular complexity index is 4730. The fraction of sp³-hybridized carbons (Fsp3) is 0.543. The number of fused-ring (bicyclic) bond motifs is 3. The fourth-order valence-electron chi connectivity index (χ4n) is 13.7. The minimum Gasteiger partial charge on any atom is -0.460 e. The summed E-state index contributed by atoms with van der Waals surface area (Å²) in [5.74, 6) is -4.02. The van der Waals surface area contributed by atoms with Crippen molar-refractivity contribution in [3.8, 4) is 11.5 Å². The Labute approximate surface area is 600 Å². The number of nitrogens with zero attached hydrogens (tertiary/aromatic N) is 11. The summed E-state index contributed by atoms with van der Waals surface area (Å²) in [5.41, 5.74) is 7.55. The molecule has 0 aliphatic carbocycles. The molecule has 6 aliphatic rings. The molecule has 5 aromatic rings. The molecule has 9 atom stereocenters. The molecule has 34 heteroatoms. The monoisotopic (exact) mass is 1510 g/mol. The summed E-state index contributed by atoms with van der Waals surface area (Å²) in [6.45, 7) is 21.0. The second kappa shape index (κ2) is 28.8. The van der Waals surface area contributed by atoms with Gasteiger partial charge in [-0.3, -0.25) is 44.1 Å². The second-order valence-electron chi connectivity index (χ2n) is 29.8. The number of pyridine rings is 5. The van der Waals surface area contributed by atoms with Crippen LogP contribution in [0, 0.1) is 17.5 Å². The van der Waals surface area contributed by atoms with Crippen LogP contribution >= 0.6 is 0 Å². The van der Waals surface area contributed by atoms with Crippen molar-refractivity contribution in [1.82, 2.24) is 24.9 Å². The van der Waals surface area contributed by atoms with Crippen LogP contribution in [-0.2, 0) is 77.7 Å². The van der Waals surface area contributed by atoms with Gasteiger partial charge in [0.1, 0.15) is 102 Å². The lowest BCUT2D eigenvalue weighted by atomic mass is 9.88. The van der Waals surface area contributed by atoms with Crippen LogP contribution in [0.4, 0.5) is 36.6 Å². The zero-order valence-corrected chi connectivity index (χ0v) is 62.8. The average Bonchev–Trinajstić information content (AvgIpc) is 1.40. The SMILES string of the molecule is CC(C)(C)OC(=O)CC1=N[C@](C)(c2nc(CC(=O)c3ccc(OC(F)F)cn3)ccc2F)[C@@H]2CCN=[S@]2(=O)C1(C)C.CC(C)(C)OC(=O)CC1=N[C@](C)(c2nc(N)ccc2F)[C@@H]2CCN=[S@]2(=O)C1(C)C.CC1(C)C(N)=N[C@](C)(c2nc(CC(=O)c3ccc(OC(F)F)cn3)ccc2F)[C@@H]2CCN=[S@@]21=O. The van der Waals surface area contributed by atoms with Crippen molar-refractivity contribution in [2.75, 3.05) is 25.4 Å². The van der Waals surface area contributed by atoms with E-state index in [0.29, 0.717) is 38.1 Å².